The van der Waals surface area contributed by atoms with Gasteiger partial charge in [0.1, 0.15) is 11.6 Å². The van der Waals surface area contributed by atoms with Crippen LogP contribution in [0.25, 0.3) is 10.9 Å². The molecule has 7 rings (SSSR count). The van der Waals surface area contributed by atoms with Crippen molar-refractivity contribution in [2.75, 3.05) is 0 Å². The average molecular weight is 420 g/mol. The molecule has 0 N–H and O–H groups in total. The lowest BCUT2D eigenvalue weighted by atomic mass is 9.34. The molecule has 1 aromatic heterocycles. The largest absolute Gasteiger partial charge is 0.272 e. The normalized spacial score (nSPS) is 28.6. The van der Waals surface area contributed by atoms with Crippen LogP contribution >= 0.6 is 0 Å². The van der Waals surface area contributed by atoms with E-state index in [4.69, 9.17) is 0 Å². The number of nitrogens with zero attached hydrogens (tertiary/aromatic N) is 4. The fourth-order valence-corrected chi connectivity index (χ4v) is 5.97. The van der Waals surface area contributed by atoms with E-state index in [1.165, 1.54) is 16.6 Å². The molecule has 3 saturated carbocycles. The van der Waals surface area contributed by atoms with Crippen molar-refractivity contribution < 1.29 is 13.6 Å². The molecule has 2 aromatic carbocycles. The summed E-state index contributed by atoms with van der Waals surface area (Å²) in [5, 5.41) is 11.4. The van der Waals surface area contributed by atoms with Gasteiger partial charge in [-0.2, -0.15) is 10.2 Å². The minimum Gasteiger partial charge on any atom is -0.272 e. The first-order valence-corrected chi connectivity index (χ1v) is 10.6. The van der Waals surface area contributed by atoms with Gasteiger partial charge < -0.3 is 0 Å². The second-order valence-corrected chi connectivity index (χ2v) is 9.49. The van der Waals surface area contributed by atoms with Crippen molar-refractivity contribution in [1.82, 2.24) is 14.8 Å². The number of aromatic nitrogens is 2. The van der Waals surface area contributed by atoms with Gasteiger partial charge in [-0.1, -0.05) is 12.1 Å². The predicted molar refractivity (Wildman–Crippen MR) is 112 cm³/mol. The van der Waals surface area contributed by atoms with Crippen LogP contribution in [0.2, 0.25) is 0 Å². The van der Waals surface area contributed by atoms with E-state index in [1.54, 1.807) is 6.21 Å². The molecule has 2 bridgehead atoms. The summed E-state index contributed by atoms with van der Waals surface area (Å²) in [5.41, 5.74) is 2.17. The molecule has 2 heterocycles. The van der Waals surface area contributed by atoms with E-state index in [0.717, 1.165) is 48.8 Å². The molecule has 0 spiro atoms. The Morgan fingerprint density at radius 1 is 1.19 bits per heavy atom. The first-order valence-electron chi connectivity index (χ1n) is 10.6. The molecular formula is C24H22F2N4O. The summed E-state index contributed by atoms with van der Waals surface area (Å²) >= 11 is 0. The molecule has 1 amide bonds. The van der Waals surface area contributed by atoms with Crippen LogP contribution in [-0.2, 0) is 11.3 Å². The van der Waals surface area contributed by atoms with Crippen LogP contribution in [0.3, 0.4) is 0 Å². The van der Waals surface area contributed by atoms with Crippen LogP contribution in [0, 0.1) is 29.4 Å². The zero-order chi connectivity index (χ0) is 21.4. The van der Waals surface area contributed by atoms with Crippen LogP contribution in [0.15, 0.2) is 47.7 Å². The summed E-state index contributed by atoms with van der Waals surface area (Å²) in [5.74, 6) is -1.09. The van der Waals surface area contributed by atoms with Crippen LogP contribution in [0.1, 0.15) is 42.9 Å². The molecular weight excluding hydrogens is 398 g/mol. The van der Waals surface area contributed by atoms with Crippen molar-refractivity contribution in [2.45, 2.75) is 45.2 Å². The van der Waals surface area contributed by atoms with E-state index in [9.17, 15) is 13.6 Å². The van der Waals surface area contributed by atoms with E-state index in [-0.39, 0.29) is 16.9 Å². The molecule has 7 heteroatoms. The van der Waals surface area contributed by atoms with Crippen molar-refractivity contribution in [3.8, 4) is 0 Å². The molecule has 3 fully saturated rings. The molecule has 31 heavy (non-hydrogen) atoms. The number of benzene rings is 2. The Labute approximate surface area is 178 Å². The third kappa shape index (κ3) is 2.61. The molecule has 1 atom stereocenters. The molecule has 158 valence electrons. The number of amides is 1. The summed E-state index contributed by atoms with van der Waals surface area (Å²) in [6.45, 7) is 2.87. The second-order valence-electron chi connectivity index (χ2n) is 9.49. The van der Waals surface area contributed by atoms with E-state index in [2.05, 4.69) is 33.9 Å². The van der Waals surface area contributed by atoms with Gasteiger partial charge in [0.05, 0.1) is 23.2 Å². The van der Waals surface area contributed by atoms with Gasteiger partial charge in [-0.3, -0.25) is 9.48 Å². The van der Waals surface area contributed by atoms with Gasteiger partial charge >= 0.3 is 0 Å². The highest BCUT2D eigenvalue weighted by atomic mass is 19.1. The van der Waals surface area contributed by atoms with Gasteiger partial charge in [0.25, 0.3) is 0 Å². The highest BCUT2D eigenvalue weighted by Crippen LogP contribution is 2.74. The lowest BCUT2D eigenvalue weighted by Gasteiger charge is -2.69. The maximum atomic E-state index is 14.3. The van der Waals surface area contributed by atoms with Crippen LogP contribution < -0.4 is 0 Å². The zero-order valence-electron chi connectivity index (χ0n) is 17.2. The van der Waals surface area contributed by atoms with E-state index >= 15 is 0 Å². The number of halogens is 2. The van der Waals surface area contributed by atoms with Gasteiger partial charge in [-0.25, -0.2) is 13.8 Å². The van der Waals surface area contributed by atoms with Gasteiger partial charge in [-0.15, -0.1) is 0 Å². The van der Waals surface area contributed by atoms with Crippen LogP contribution in [0.5, 0.6) is 0 Å². The number of hydrogen-bond donors (Lipinski definition) is 0. The van der Waals surface area contributed by atoms with Gasteiger partial charge in [0.15, 0.2) is 0 Å². The van der Waals surface area contributed by atoms with Crippen molar-refractivity contribution in [2.24, 2.45) is 15.9 Å². The molecule has 5 nitrogen and oxygen atoms in total. The topological polar surface area (TPSA) is 50.5 Å². The third-order valence-electron chi connectivity index (χ3n) is 7.34. The van der Waals surface area contributed by atoms with Gasteiger partial charge in [0.2, 0.25) is 5.91 Å². The number of aryl methyl sites for hydroxylation is 1. The fourth-order valence-electron chi connectivity index (χ4n) is 5.97. The molecule has 4 aliphatic rings. The Kier molecular flexibility index (Phi) is 3.74. The average Bonchev–Trinajstić information content (AvgIpc) is 3.33. The van der Waals surface area contributed by atoms with Gasteiger partial charge in [0, 0.05) is 30.1 Å². The molecule has 0 radical (unpaired) electrons. The van der Waals surface area contributed by atoms with Crippen molar-refractivity contribution in [1.29, 1.82) is 0 Å². The minimum absolute atomic E-state index is 0.0713. The minimum atomic E-state index is -0.578. The second kappa shape index (κ2) is 6.22. The first-order chi connectivity index (χ1) is 14.9. The maximum absolute atomic E-state index is 14.3. The lowest BCUT2D eigenvalue weighted by Crippen LogP contribution is -2.68. The Bertz CT molecular complexity index is 1240. The van der Waals surface area contributed by atoms with Crippen molar-refractivity contribution >= 4 is 23.0 Å². The number of carbonyl (C=O) groups excluding carboxylic acids is 1. The maximum Gasteiger partial charge on any atom is 0.249 e. The van der Waals surface area contributed by atoms with Crippen LogP contribution in [-0.4, -0.2) is 26.9 Å². The Morgan fingerprint density at radius 3 is 2.81 bits per heavy atom. The predicted octanol–water partition coefficient (Wildman–Crippen LogP) is 4.75. The van der Waals surface area contributed by atoms with Crippen molar-refractivity contribution in [3.63, 3.8) is 0 Å². The molecule has 1 aliphatic heterocycles. The number of rotatable bonds is 4. The van der Waals surface area contributed by atoms with Gasteiger partial charge in [-0.05, 0) is 61.4 Å². The van der Waals surface area contributed by atoms with E-state index in [0.29, 0.717) is 6.42 Å². The Hall–Kier alpha value is -3.09. The smallest absolute Gasteiger partial charge is 0.249 e. The Balaban J connectivity index is 1.19. The summed E-state index contributed by atoms with van der Waals surface area (Å²) < 4.78 is 30.1. The third-order valence-corrected chi connectivity index (χ3v) is 7.34. The quantitative estimate of drug-likeness (QED) is 0.612. The summed E-state index contributed by atoms with van der Waals surface area (Å²) in [6, 6.07) is 9.00. The number of hydrazone groups is 1. The SMILES string of the molecule is Cc1cccc2c1cnn2CC12CC(C(=O)N3N=CCC3c3cc(F)ccc3F)(C1)C2. The highest BCUT2D eigenvalue weighted by molar-refractivity contribution is 5.88. The molecule has 1 unspecified atom stereocenters. The lowest BCUT2D eigenvalue weighted by molar-refractivity contribution is -0.223. The zero-order valence-corrected chi connectivity index (χ0v) is 17.2. The number of hydrogen-bond acceptors (Lipinski definition) is 3. The first kappa shape index (κ1) is 18.7. The number of carbonyl (C=O) groups is 1. The van der Waals surface area contributed by atoms with E-state index < -0.39 is 23.1 Å². The number of fused-ring (bicyclic) bond motifs is 1. The van der Waals surface area contributed by atoms with E-state index in [1.807, 2.05) is 12.3 Å². The summed E-state index contributed by atoms with van der Waals surface area (Å²) in [4.78, 5) is 13.3. The monoisotopic (exact) mass is 420 g/mol. The van der Waals surface area contributed by atoms with Crippen LogP contribution in [0.4, 0.5) is 8.78 Å². The van der Waals surface area contributed by atoms with Crippen molar-refractivity contribution in [3.05, 3.63) is 65.4 Å². The molecule has 0 saturated heterocycles. The summed E-state index contributed by atoms with van der Waals surface area (Å²) in [7, 11) is 0. The molecule has 3 aliphatic carbocycles. The highest BCUT2D eigenvalue weighted by Gasteiger charge is 2.72. The Morgan fingerprint density at radius 2 is 2.00 bits per heavy atom. The fraction of sp³-hybridized carbons (Fsp3) is 0.375. The summed E-state index contributed by atoms with van der Waals surface area (Å²) in [6.07, 6.45) is 6.29. The molecule has 3 aromatic rings. The standard InChI is InChI=1S/C24H22F2N4O/c1-15-3-2-4-20-18(15)10-28-29(20)14-23-11-24(12-23,13-23)22(31)30-21(7-8-27-30)17-9-16(25)5-6-19(17)26/h2-6,8-10,21H,7,11-14H2,1H3.